The maximum absolute atomic E-state index is 13.7. The Morgan fingerprint density at radius 3 is 2.00 bits per heavy atom. The van der Waals surface area contributed by atoms with Crippen LogP contribution in [0, 0.1) is 5.92 Å². The van der Waals surface area contributed by atoms with Crippen LogP contribution in [0.5, 0.6) is 0 Å². The fourth-order valence-electron chi connectivity index (χ4n) is 4.08. The third-order valence-electron chi connectivity index (χ3n) is 6.17. The van der Waals surface area contributed by atoms with E-state index >= 15 is 0 Å². The van der Waals surface area contributed by atoms with Crippen molar-refractivity contribution in [3.8, 4) is 0 Å². The molecule has 3 amide bonds. The fraction of sp³-hybridized carbons (Fsp3) is 0.536. The number of rotatable bonds is 15. The van der Waals surface area contributed by atoms with Crippen molar-refractivity contribution >= 4 is 29.1 Å². The molecule has 0 aliphatic heterocycles. The van der Waals surface area contributed by atoms with Crippen molar-refractivity contribution < 1.29 is 19.5 Å². The Kier molecular flexibility index (Phi) is 12.2. The number of amides is 3. The van der Waals surface area contributed by atoms with E-state index in [1.807, 2.05) is 31.4 Å². The van der Waals surface area contributed by atoms with Gasteiger partial charge in [0.05, 0.1) is 6.10 Å². The number of aliphatic hydroxyl groups excluding tert-OH is 1. The number of benzene rings is 1. The number of carbonyl (C=O) groups excluding carboxylic acids is 3. The zero-order valence-corrected chi connectivity index (χ0v) is 23.3. The molecule has 2 rings (SSSR count). The SMILES string of the molecule is CCCN(CCC)C(=O)c1cc(C(N)=O)cc(C(=O)N(CCC(C)C)C[C@@H](O)[C@@H](N)Cc2cccs2)c1. The van der Waals surface area contributed by atoms with Gasteiger partial charge in [-0.3, -0.25) is 14.4 Å². The Morgan fingerprint density at radius 1 is 0.946 bits per heavy atom. The summed E-state index contributed by atoms with van der Waals surface area (Å²) >= 11 is 1.57. The quantitative estimate of drug-likeness (QED) is 0.324. The summed E-state index contributed by atoms with van der Waals surface area (Å²) in [5.74, 6) is -1.00. The average Bonchev–Trinajstić information content (AvgIpc) is 3.37. The minimum Gasteiger partial charge on any atom is -0.390 e. The van der Waals surface area contributed by atoms with Crippen LogP contribution in [0.4, 0.5) is 0 Å². The van der Waals surface area contributed by atoms with Crippen LogP contribution < -0.4 is 11.5 Å². The third kappa shape index (κ3) is 9.25. The van der Waals surface area contributed by atoms with Crippen LogP contribution in [-0.4, -0.2) is 71.0 Å². The summed E-state index contributed by atoms with van der Waals surface area (Å²) in [6.45, 7) is 9.69. The molecular weight excluding hydrogens is 488 g/mol. The number of primary amides is 1. The van der Waals surface area contributed by atoms with Crippen LogP contribution >= 0.6 is 11.3 Å². The van der Waals surface area contributed by atoms with Gasteiger partial charge in [0.2, 0.25) is 5.91 Å². The Hall–Kier alpha value is -2.75. The molecule has 1 aromatic carbocycles. The summed E-state index contributed by atoms with van der Waals surface area (Å²) in [5, 5.41) is 12.8. The molecule has 5 N–H and O–H groups in total. The predicted molar refractivity (Wildman–Crippen MR) is 149 cm³/mol. The van der Waals surface area contributed by atoms with Crippen LogP contribution in [0.2, 0.25) is 0 Å². The Bertz CT molecular complexity index is 1020. The molecule has 0 bridgehead atoms. The second kappa shape index (κ2) is 14.9. The molecular formula is C28H42N4O4S. The maximum atomic E-state index is 13.7. The molecule has 2 aromatic rings. The number of nitrogens with two attached hydrogens (primary N) is 2. The monoisotopic (exact) mass is 530 g/mol. The molecule has 0 aliphatic rings. The fourth-order valence-corrected chi connectivity index (χ4v) is 4.86. The topological polar surface area (TPSA) is 130 Å². The Labute approximate surface area is 224 Å². The molecule has 204 valence electrons. The lowest BCUT2D eigenvalue weighted by atomic mass is 10.0. The smallest absolute Gasteiger partial charge is 0.253 e. The lowest BCUT2D eigenvalue weighted by molar-refractivity contribution is 0.0563. The molecule has 0 saturated heterocycles. The van der Waals surface area contributed by atoms with E-state index in [4.69, 9.17) is 11.5 Å². The van der Waals surface area contributed by atoms with Gasteiger partial charge in [-0.1, -0.05) is 33.8 Å². The number of thiophene rings is 1. The van der Waals surface area contributed by atoms with Crippen LogP contribution in [0.15, 0.2) is 35.7 Å². The number of nitrogens with zero attached hydrogens (tertiary/aromatic N) is 2. The van der Waals surface area contributed by atoms with Crippen molar-refractivity contribution in [1.82, 2.24) is 9.80 Å². The highest BCUT2D eigenvalue weighted by molar-refractivity contribution is 7.09. The summed E-state index contributed by atoms with van der Waals surface area (Å²) in [6, 6.07) is 7.75. The Balaban J connectivity index is 2.36. The van der Waals surface area contributed by atoms with Crippen LogP contribution in [-0.2, 0) is 6.42 Å². The van der Waals surface area contributed by atoms with Crippen molar-refractivity contribution in [2.24, 2.45) is 17.4 Å². The van der Waals surface area contributed by atoms with Gasteiger partial charge in [0.1, 0.15) is 0 Å². The molecule has 9 heteroatoms. The first-order valence-corrected chi connectivity index (χ1v) is 13.9. The standard InChI is InChI=1S/C28H42N4O4S/c1-5-10-31(11-6-2)27(35)21-14-20(26(30)34)15-22(16-21)28(36)32(12-9-19(3)4)18-25(33)24(29)17-23-8-7-13-37-23/h7-8,13-16,19,24-25,33H,5-6,9-12,17-18,29H2,1-4H3,(H2,30,34)/t24-,25+/m0/s1. The highest BCUT2D eigenvalue weighted by Gasteiger charge is 2.26. The van der Waals surface area contributed by atoms with Crippen LogP contribution in [0.25, 0.3) is 0 Å². The molecule has 0 spiro atoms. The lowest BCUT2D eigenvalue weighted by Crippen LogP contribution is -2.47. The molecule has 0 unspecified atom stereocenters. The first-order chi connectivity index (χ1) is 17.6. The molecule has 0 fully saturated rings. The molecule has 0 aliphatic carbocycles. The van der Waals surface area contributed by atoms with Crippen molar-refractivity contribution in [2.75, 3.05) is 26.2 Å². The van der Waals surface area contributed by atoms with E-state index in [-0.39, 0.29) is 35.0 Å². The largest absolute Gasteiger partial charge is 0.390 e. The van der Waals surface area contributed by atoms with E-state index in [9.17, 15) is 19.5 Å². The summed E-state index contributed by atoms with van der Waals surface area (Å²) < 4.78 is 0. The van der Waals surface area contributed by atoms with Crippen molar-refractivity contribution in [2.45, 2.75) is 65.5 Å². The van der Waals surface area contributed by atoms with Gasteiger partial charge >= 0.3 is 0 Å². The van der Waals surface area contributed by atoms with E-state index in [0.29, 0.717) is 32.0 Å². The van der Waals surface area contributed by atoms with Crippen molar-refractivity contribution in [3.05, 3.63) is 57.3 Å². The summed E-state index contributed by atoms with van der Waals surface area (Å²) in [5.41, 5.74) is 12.4. The molecule has 8 nitrogen and oxygen atoms in total. The second-order valence-electron chi connectivity index (χ2n) is 9.90. The lowest BCUT2D eigenvalue weighted by Gasteiger charge is -2.29. The van der Waals surface area contributed by atoms with Gasteiger partial charge in [-0.25, -0.2) is 0 Å². The average molecular weight is 531 g/mol. The number of carbonyl (C=O) groups is 3. The first-order valence-electron chi connectivity index (χ1n) is 13.1. The van der Waals surface area contributed by atoms with E-state index in [1.165, 1.54) is 18.2 Å². The van der Waals surface area contributed by atoms with Gasteiger partial charge in [0.25, 0.3) is 11.8 Å². The van der Waals surface area contributed by atoms with Crippen LogP contribution in [0.1, 0.15) is 82.9 Å². The molecule has 0 saturated carbocycles. The summed E-state index contributed by atoms with van der Waals surface area (Å²) in [7, 11) is 0. The zero-order valence-electron chi connectivity index (χ0n) is 22.5. The van der Waals surface area contributed by atoms with E-state index in [1.54, 1.807) is 21.1 Å². The number of aliphatic hydroxyl groups is 1. The van der Waals surface area contributed by atoms with Gasteiger partial charge in [-0.15, -0.1) is 11.3 Å². The van der Waals surface area contributed by atoms with E-state index in [0.717, 1.165) is 24.1 Å². The summed E-state index contributed by atoms with van der Waals surface area (Å²) in [6.07, 6.45) is 1.87. The first kappa shape index (κ1) is 30.5. The highest BCUT2D eigenvalue weighted by atomic mass is 32.1. The normalized spacial score (nSPS) is 12.8. The van der Waals surface area contributed by atoms with Gasteiger partial charge in [-0.2, -0.15) is 0 Å². The van der Waals surface area contributed by atoms with Gasteiger partial charge in [0, 0.05) is 53.8 Å². The minimum atomic E-state index is -0.941. The van der Waals surface area contributed by atoms with Crippen LogP contribution in [0.3, 0.4) is 0 Å². The van der Waals surface area contributed by atoms with E-state index in [2.05, 4.69) is 13.8 Å². The highest BCUT2D eigenvalue weighted by Crippen LogP contribution is 2.18. The molecule has 1 heterocycles. The molecule has 0 radical (unpaired) electrons. The minimum absolute atomic E-state index is 0.0416. The maximum Gasteiger partial charge on any atom is 0.253 e. The molecule has 1 aromatic heterocycles. The van der Waals surface area contributed by atoms with Crippen molar-refractivity contribution in [1.29, 1.82) is 0 Å². The van der Waals surface area contributed by atoms with Gasteiger partial charge in [-0.05, 0) is 61.2 Å². The van der Waals surface area contributed by atoms with E-state index < -0.39 is 18.1 Å². The Morgan fingerprint density at radius 2 is 1.51 bits per heavy atom. The van der Waals surface area contributed by atoms with Crippen molar-refractivity contribution in [3.63, 3.8) is 0 Å². The second-order valence-corrected chi connectivity index (χ2v) is 10.9. The molecule has 37 heavy (non-hydrogen) atoms. The third-order valence-corrected chi connectivity index (χ3v) is 7.07. The molecule has 2 atom stereocenters. The number of hydrogen-bond donors (Lipinski definition) is 3. The van der Waals surface area contributed by atoms with Gasteiger partial charge < -0.3 is 26.4 Å². The summed E-state index contributed by atoms with van der Waals surface area (Å²) in [4.78, 5) is 43.4. The number of hydrogen-bond acceptors (Lipinski definition) is 6. The zero-order chi connectivity index (χ0) is 27.5. The predicted octanol–water partition coefficient (Wildman–Crippen LogP) is 3.53. The van der Waals surface area contributed by atoms with Gasteiger partial charge in [0.15, 0.2) is 0 Å².